The zero-order valence-corrected chi connectivity index (χ0v) is 12.7. The van der Waals surface area contributed by atoms with Gasteiger partial charge in [-0.15, -0.1) is 0 Å². The summed E-state index contributed by atoms with van der Waals surface area (Å²) in [4.78, 5) is 2.31. The van der Waals surface area contributed by atoms with Crippen molar-refractivity contribution in [2.75, 3.05) is 25.4 Å². The van der Waals surface area contributed by atoms with Crippen LogP contribution in [0.3, 0.4) is 0 Å². The van der Waals surface area contributed by atoms with Gasteiger partial charge in [-0.3, -0.25) is 9.11 Å². The Hall–Kier alpha value is -1.38. The minimum Gasteiger partial charge on any atom is -0.491 e. The average molecular weight is 292 g/mol. The number of hydrogen-bond acceptors (Lipinski definition) is 4. The van der Waals surface area contributed by atoms with Crippen molar-refractivity contribution in [3.63, 3.8) is 0 Å². The lowest BCUT2D eigenvalue weighted by Crippen LogP contribution is -2.50. The van der Waals surface area contributed by atoms with Crippen molar-refractivity contribution in [3.05, 3.63) is 29.8 Å². The van der Waals surface area contributed by atoms with Crippen molar-refractivity contribution in [1.82, 2.24) is 4.90 Å². The van der Waals surface area contributed by atoms with Crippen molar-refractivity contribution >= 4 is 10.8 Å². The maximum atomic E-state index is 11.7. The summed E-state index contributed by atoms with van der Waals surface area (Å²) in [6.07, 6.45) is 0. The molecule has 0 N–H and O–H groups in total. The first-order valence-electron chi connectivity index (χ1n) is 6.86. The maximum absolute atomic E-state index is 11.7. The van der Waals surface area contributed by atoms with Crippen LogP contribution in [-0.4, -0.2) is 45.8 Å². The van der Waals surface area contributed by atoms with Crippen LogP contribution in [0, 0.1) is 11.3 Å². The van der Waals surface area contributed by atoms with Crippen LogP contribution < -0.4 is 4.74 Å². The molecule has 0 aliphatic carbocycles. The molecule has 1 fully saturated rings. The topological polar surface area (TPSA) is 53.3 Å². The molecule has 1 aliphatic heterocycles. The van der Waals surface area contributed by atoms with Crippen molar-refractivity contribution in [2.24, 2.45) is 0 Å². The first kappa shape index (κ1) is 15.0. The second-order valence-electron chi connectivity index (χ2n) is 5.02. The number of rotatable bonds is 4. The highest BCUT2D eigenvalue weighted by Crippen LogP contribution is 2.18. The minimum absolute atomic E-state index is 0.204. The van der Waals surface area contributed by atoms with E-state index in [1.54, 1.807) is 6.07 Å². The van der Waals surface area contributed by atoms with Crippen LogP contribution in [0.25, 0.3) is 0 Å². The van der Waals surface area contributed by atoms with Gasteiger partial charge in [0, 0.05) is 40.9 Å². The Morgan fingerprint density at radius 3 is 2.95 bits per heavy atom. The Morgan fingerprint density at radius 2 is 2.20 bits per heavy atom. The highest BCUT2D eigenvalue weighted by atomic mass is 32.2. The third kappa shape index (κ3) is 3.38. The van der Waals surface area contributed by atoms with Crippen LogP contribution in [0.4, 0.5) is 0 Å². The van der Waals surface area contributed by atoms with Gasteiger partial charge >= 0.3 is 0 Å². The highest BCUT2D eigenvalue weighted by molar-refractivity contribution is 7.85. The maximum Gasteiger partial charge on any atom is 0.137 e. The predicted octanol–water partition coefficient (Wildman–Crippen LogP) is 1.78. The molecule has 2 rings (SSSR count). The molecule has 0 radical (unpaired) electrons. The van der Waals surface area contributed by atoms with Crippen molar-refractivity contribution in [3.8, 4) is 11.8 Å². The van der Waals surface area contributed by atoms with Crippen molar-refractivity contribution < 1.29 is 8.95 Å². The van der Waals surface area contributed by atoms with E-state index in [0.29, 0.717) is 24.0 Å². The standard InChI is InChI=1S/C15H20N2O2S/c1-12-13(2)20(18)10-8-17(12)7-9-19-15-6-4-3-5-14(15)11-16/h3-6,12-13H,7-10H2,1-2H3/t12-,13-,20+/m1/s1. The molecule has 3 atom stereocenters. The van der Waals surface area contributed by atoms with Crippen LogP contribution >= 0.6 is 0 Å². The number of benzene rings is 1. The number of nitriles is 1. The molecule has 0 amide bonds. The van der Waals surface area contributed by atoms with E-state index in [0.717, 1.165) is 18.8 Å². The van der Waals surface area contributed by atoms with Gasteiger partial charge in [-0.2, -0.15) is 5.26 Å². The molecule has 1 aromatic rings. The van der Waals surface area contributed by atoms with Gasteiger partial charge in [0.2, 0.25) is 0 Å². The third-order valence-electron chi connectivity index (χ3n) is 3.89. The van der Waals surface area contributed by atoms with Crippen molar-refractivity contribution in [1.29, 1.82) is 5.26 Å². The fraction of sp³-hybridized carbons (Fsp3) is 0.533. The Kier molecular flexibility index (Phi) is 5.16. The van der Waals surface area contributed by atoms with Crippen LogP contribution in [0.15, 0.2) is 24.3 Å². The molecular weight excluding hydrogens is 272 g/mol. The summed E-state index contributed by atoms with van der Waals surface area (Å²) >= 11 is 0. The second kappa shape index (κ2) is 6.87. The zero-order valence-electron chi connectivity index (χ0n) is 11.9. The molecule has 1 saturated heterocycles. The van der Waals surface area contributed by atoms with E-state index in [1.165, 1.54) is 0 Å². The van der Waals surface area contributed by atoms with Crippen molar-refractivity contribution in [2.45, 2.75) is 25.1 Å². The van der Waals surface area contributed by atoms with Gasteiger partial charge in [0.1, 0.15) is 18.4 Å². The van der Waals surface area contributed by atoms with E-state index in [1.807, 2.05) is 25.1 Å². The first-order chi connectivity index (χ1) is 9.63. The Balaban J connectivity index is 1.87. The van der Waals surface area contributed by atoms with Gasteiger partial charge in [-0.1, -0.05) is 12.1 Å². The molecule has 1 aromatic carbocycles. The quantitative estimate of drug-likeness (QED) is 0.849. The van der Waals surface area contributed by atoms with Gasteiger partial charge in [0.25, 0.3) is 0 Å². The van der Waals surface area contributed by atoms with E-state index in [-0.39, 0.29) is 5.25 Å². The third-order valence-corrected chi connectivity index (χ3v) is 5.70. The fourth-order valence-corrected chi connectivity index (χ4v) is 3.78. The molecule has 0 bridgehead atoms. The highest BCUT2D eigenvalue weighted by Gasteiger charge is 2.29. The summed E-state index contributed by atoms with van der Waals surface area (Å²) in [6, 6.07) is 9.70. The van der Waals surface area contributed by atoms with Crippen LogP contribution in [0.5, 0.6) is 5.75 Å². The molecule has 4 nitrogen and oxygen atoms in total. The molecule has 0 spiro atoms. The smallest absolute Gasteiger partial charge is 0.137 e. The average Bonchev–Trinajstić information content (AvgIpc) is 2.47. The zero-order chi connectivity index (χ0) is 14.5. The largest absolute Gasteiger partial charge is 0.491 e. The summed E-state index contributed by atoms with van der Waals surface area (Å²) in [6.45, 7) is 6.34. The fourth-order valence-electron chi connectivity index (χ4n) is 2.39. The Morgan fingerprint density at radius 1 is 1.45 bits per heavy atom. The van der Waals surface area contributed by atoms with E-state index < -0.39 is 10.8 Å². The summed E-state index contributed by atoms with van der Waals surface area (Å²) in [5.74, 6) is 1.37. The van der Waals surface area contributed by atoms with Gasteiger partial charge in [0.05, 0.1) is 5.56 Å². The van der Waals surface area contributed by atoms with E-state index in [9.17, 15) is 4.21 Å². The van der Waals surface area contributed by atoms with Gasteiger partial charge in [0.15, 0.2) is 0 Å². The van der Waals surface area contributed by atoms with E-state index in [2.05, 4.69) is 17.9 Å². The van der Waals surface area contributed by atoms with E-state index in [4.69, 9.17) is 10.00 Å². The molecule has 108 valence electrons. The summed E-state index contributed by atoms with van der Waals surface area (Å²) < 4.78 is 17.4. The molecule has 20 heavy (non-hydrogen) atoms. The lowest BCUT2D eigenvalue weighted by molar-refractivity contribution is 0.168. The van der Waals surface area contributed by atoms with Gasteiger partial charge < -0.3 is 4.74 Å². The summed E-state index contributed by atoms with van der Waals surface area (Å²) in [5.41, 5.74) is 0.564. The lowest BCUT2D eigenvalue weighted by Gasteiger charge is -2.37. The summed E-state index contributed by atoms with van der Waals surface area (Å²) in [7, 11) is -0.708. The minimum atomic E-state index is -0.708. The van der Waals surface area contributed by atoms with E-state index >= 15 is 0 Å². The monoisotopic (exact) mass is 292 g/mol. The number of hydrogen-bond donors (Lipinski definition) is 0. The van der Waals surface area contributed by atoms with Gasteiger partial charge in [-0.25, -0.2) is 0 Å². The SMILES string of the molecule is C[C@@H]1[C@@H](C)[S@@](=O)CCN1CCOc1ccccc1C#N. The molecule has 1 heterocycles. The van der Waals surface area contributed by atoms with Crippen LogP contribution in [0.1, 0.15) is 19.4 Å². The Labute approximate surface area is 122 Å². The molecule has 0 aromatic heterocycles. The molecule has 0 saturated carbocycles. The van der Waals surface area contributed by atoms with Crippen LogP contribution in [0.2, 0.25) is 0 Å². The lowest BCUT2D eigenvalue weighted by atomic mass is 10.2. The molecule has 1 aliphatic rings. The second-order valence-corrected chi connectivity index (χ2v) is 6.94. The number of ether oxygens (including phenoxy) is 1. The molecular formula is C15H20N2O2S. The molecule has 0 unspecified atom stereocenters. The normalized spacial score (nSPS) is 26.9. The van der Waals surface area contributed by atoms with Gasteiger partial charge in [-0.05, 0) is 26.0 Å². The number of nitrogens with zero attached hydrogens (tertiary/aromatic N) is 2. The first-order valence-corrected chi connectivity index (χ1v) is 8.25. The predicted molar refractivity (Wildman–Crippen MR) is 80.2 cm³/mol. The summed E-state index contributed by atoms with van der Waals surface area (Å²) in [5, 5.41) is 9.20. The Bertz CT molecular complexity index is 527. The molecule has 5 heteroatoms. The van der Waals surface area contributed by atoms with Crippen LogP contribution in [-0.2, 0) is 10.8 Å². The number of para-hydroxylation sites is 1.